The third-order valence-electron chi connectivity index (χ3n) is 5.66. The summed E-state index contributed by atoms with van der Waals surface area (Å²) in [6.07, 6.45) is 8.24. The molecule has 0 radical (unpaired) electrons. The molecule has 0 spiro atoms. The van der Waals surface area contributed by atoms with Gasteiger partial charge < -0.3 is 15.4 Å². The molecular weight excluding hydrogens is 336 g/mol. The summed E-state index contributed by atoms with van der Waals surface area (Å²) in [4.78, 5) is 7.12. The summed E-state index contributed by atoms with van der Waals surface area (Å²) in [6.45, 7) is 3.98. The van der Waals surface area contributed by atoms with Crippen LogP contribution < -0.4 is 15.4 Å². The Morgan fingerprint density at radius 3 is 2.63 bits per heavy atom. The summed E-state index contributed by atoms with van der Waals surface area (Å²) >= 11 is 0. The van der Waals surface area contributed by atoms with Gasteiger partial charge in [-0.1, -0.05) is 0 Å². The van der Waals surface area contributed by atoms with Crippen LogP contribution in [0.3, 0.4) is 0 Å². The number of nitrogens with two attached hydrogens (primary N) is 1. The first-order chi connectivity index (χ1) is 13.0. The monoisotopic (exact) mass is 366 g/mol. The largest absolute Gasteiger partial charge is 0.491 e. The average Bonchev–Trinajstić information content (AvgIpc) is 2.91. The van der Waals surface area contributed by atoms with Crippen molar-refractivity contribution in [2.75, 3.05) is 10.6 Å². The smallest absolute Gasteiger partial charge is 0.129 e. The molecule has 1 aromatic heterocycles. The Balaban J connectivity index is 0.00000225. The Bertz CT molecular complexity index is 838. The molecule has 2 bridgehead atoms. The molecular formula is C22H30N4O. The van der Waals surface area contributed by atoms with Crippen molar-refractivity contribution in [1.82, 2.24) is 4.98 Å². The van der Waals surface area contributed by atoms with Gasteiger partial charge in [0, 0.05) is 36.5 Å². The van der Waals surface area contributed by atoms with E-state index in [2.05, 4.69) is 9.88 Å². The third-order valence-corrected chi connectivity index (χ3v) is 5.66. The van der Waals surface area contributed by atoms with Crippen molar-refractivity contribution in [3.05, 3.63) is 47.7 Å². The van der Waals surface area contributed by atoms with Crippen LogP contribution in [0.5, 0.6) is 5.75 Å². The van der Waals surface area contributed by atoms with Crippen LogP contribution in [0.15, 0.2) is 36.5 Å². The van der Waals surface area contributed by atoms with Gasteiger partial charge in [-0.15, -0.1) is 0 Å². The number of piperidine rings is 1. The van der Waals surface area contributed by atoms with Gasteiger partial charge in [0.1, 0.15) is 11.6 Å². The second-order valence-corrected chi connectivity index (χ2v) is 7.92. The van der Waals surface area contributed by atoms with E-state index in [1.165, 1.54) is 32.1 Å². The quantitative estimate of drug-likeness (QED) is 0.597. The zero-order chi connectivity index (χ0) is 19.0. The standard InChI is InChI=1S/C22H28N4O.H2/c1-14(2)27-18-8-9-20(23)19(13-18)22(24)15-10-11-25-21(12-15)26-16-4-3-5-17(26)7-6-16;/h8-14,16-17,24H,3-7,23H2,1-2H3;1H. The molecule has 0 saturated carbocycles. The topological polar surface area (TPSA) is 75.2 Å². The Morgan fingerprint density at radius 1 is 1.19 bits per heavy atom. The molecule has 1 aromatic carbocycles. The molecule has 4 rings (SSSR count). The number of ether oxygens (including phenoxy) is 1. The molecule has 0 aliphatic carbocycles. The van der Waals surface area contributed by atoms with Crippen LogP contribution in [0, 0.1) is 5.41 Å². The first-order valence-electron chi connectivity index (χ1n) is 9.93. The number of anilines is 2. The normalized spacial score (nSPS) is 21.5. The van der Waals surface area contributed by atoms with E-state index in [-0.39, 0.29) is 7.53 Å². The molecule has 27 heavy (non-hydrogen) atoms. The lowest BCUT2D eigenvalue weighted by Gasteiger charge is -2.36. The lowest BCUT2D eigenvalue weighted by atomic mass is 10.00. The molecule has 2 atom stereocenters. The van der Waals surface area contributed by atoms with Gasteiger partial charge in [0.15, 0.2) is 0 Å². The van der Waals surface area contributed by atoms with E-state index in [1.54, 1.807) is 0 Å². The number of fused-ring (bicyclic) bond motifs is 2. The first-order valence-corrected chi connectivity index (χ1v) is 9.93. The first kappa shape index (κ1) is 17.8. The minimum absolute atomic E-state index is 0. The number of benzene rings is 1. The zero-order valence-electron chi connectivity index (χ0n) is 16.1. The molecule has 3 heterocycles. The van der Waals surface area contributed by atoms with Crippen LogP contribution in [-0.2, 0) is 0 Å². The maximum atomic E-state index is 8.74. The molecule has 2 unspecified atom stereocenters. The summed E-state index contributed by atoms with van der Waals surface area (Å²) < 4.78 is 5.78. The number of nitrogens with zero attached hydrogens (tertiary/aromatic N) is 2. The lowest BCUT2D eigenvalue weighted by Crippen LogP contribution is -2.40. The highest BCUT2D eigenvalue weighted by Crippen LogP contribution is 2.38. The molecule has 2 aliphatic rings. The van der Waals surface area contributed by atoms with Gasteiger partial charge in [-0.3, -0.25) is 5.41 Å². The van der Waals surface area contributed by atoms with Crippen molar-refractivity contribution in [2.45, 2.75) is 64.1 Å². The van der Waals surface area contributed by atoms with Gasteiger partial charge in [-0.2, -0.15) is 0 Å². The number of hydrogen-bond donors (Lipinski definition) is 2. The Labute approximate surface area is 162 Å². The number of nitrogen functional groups attached to an aromatic ring is 1. The van der Waals surface area contributed by atoms with Crippen LogP contribution in [0.2, 0.25) is 0 Å². The highest BCUT2D eigenvalue weighted by molar-refractivity contribution is 6.14. The Hall–Kier alpha value is -2.56. The number of aromatic nitrogens is 1. The van der Waals surface area contributed by atoms with Gasteiger partial charge in [-0.05, 0) is 76.3 Å². The van der Waals surface area contributed by atoms with Crippen molar-refractivity contribution < 1.29 is 6.16 Å². The predicted octanol–water partition coefficient (Wildman–Crippen LogP) is 4.63. The summed E-state index contributed by atoms with van der Waals surface area (Å²) in [5, 5.41) is 8.74. The lowest BCUT2D eigenvalue weighted by molar-refractivity contribution is 0.242. The molecule has 2 fully saturated rings. The highest BCUT2D eigenvalue weighted by atomic mass is 16.5. The molecule has 2 saturated heterocycles. The maximum Gasteiger partial charge on any atom is 0.129 e. The Kier molecular flexibility index (Phi) is 4.77. The Morgan fingerprint density at radius 2 is 1.93 bits per heavy atom. The van der Waals surface area contributed by atoms with E-state index in [1.807, 2.05) is 50.4 Å². The average molecular weight is 367 g/mol. The number of hydrogen-bond acceptors (Lipinski definition) is 5. The molecule has 2 aromatic rings. The van der Waals surface area contributed by atoms with Gasteiger partial charge in [0.05, 0.1) is 11.8 Å². The number of nitrogens with one attached hydrogen (secondary N) is 1. The molecule has 0 amide bonds. The van der Waals surface area contributed by atoms with E-state index in [0.29, 0.717) is 29.0 Å². The van der Waals surface area contributed by atoms with Gasteiger partial charge in [0.25, 0.3) is 0 Å². The van der Waals surface area contributed by atoms with E-state index < -0.39 is 0 Å². The summed E-state index contributed by atoms with van der Waals surface area (Å²) in [5.74, 6) is 1.74. The van der Waals surface area contributed by atoms with Crippen molar-refractivity contribution in [3.63, 3.8) is 0 Å². The fourth-order valence-electron chi connectivity index (χ4n) is 4.46. The van der Waals surface area contributed by atoms with Gasteiger partial charge in [-0.25, -0.2) is 4.98 Å². The maximum absolute atomic E-state index is 8.74. The van der Waals surface area contributed by atoms with Crippen molar-refractivity contribution in [2.24, 2.45) is 0 Å². The van der Waals surface area contributed by atoms with Crippen LogP contribution in [-0.4, -0.2) is 28.9 Å². The minimum Gasteiger partial charge on any atom is -0.491 e. The fourth-order valence-corrected chi connectivity index (χ4v) is 4.46. The molecule has 2 aliphatic heterocycles. The van der Waals surface area contributed by atoms with Crippen molar-refractivity contribution >= 4 is 17.2 Å². The predicted molar refractivity (Wildman–Crippen MR) is 112 cm³/mol. The zero-order valence-corrected chi connectivity index (χ0v) is 16.1. The summed E-state index contributed by atoms with van der Waals surface area (Å²) in [6, 6.07) is 10.7. The SMILES string of the molecule is CC(C)Oc1ccc(N)c(C(=N)c2ccnc(N3C4CCCC3CC4)c2)c1.[HH]. The van der Waals surface area contributed by atoms with E-state index >= 15 is 0 Å². The van der Waals surface area contributed by atoms with E-state index in [4.69, 9.17) is 15.9 Å². The van der Waals surface area contributed by atoms with Crippen molar-refractivity contribution in [1.29, 1.82) is 5.41 Å². The molecule has 5 heteroatoms. The molecule has 144 valence electrons. The van der Waals surface area contributed by atoms with Crippen LogP contribution in [0.25, 0.3) is 0 Å². The summed E-state index contributed by atoms with van der Waals surface area (Å²) in [5.41, 5.74) is 8.72. The highest BCUT2D eigenvalue weighted by Gasteiger charge is 2.37. The second kappa shape index (κ2) is 7.22. The molecule has 5 nitrogen and oxygen atoms in total. The number of pyridine rings is 1. The van der Waals surface area contributed by atoms with Gasteiger partial charge >= 0.3 is 0 Å². The summed E-state index contributed by atoms with van der Waals surface area (Å²) in [7, 11) is 0. The van der Waals surface area contributed by atoms with Crippen LogP contribution in [0.1, 0.15) is 58.5 Å². The van der Waals surface area contributed by atoms with E-state index in [9.17, 15) is 0 Å². The number of rotatable bonds is 5. The van der Waals surface area contributed by atoms with Gasteiger partial charge in [0.2, 0.25) is 0 Å². The minimum atomic E-state index is 0. The van der Waals surface area contributed by atoms with Crippen LogP contribution in [0.4, 0.5) is 11.5 Å². The van der Waals surface area contributed by atoms with Crippen molar-refractivity contribution in [3.8, 4) is 5.75 Å². The third kappa shape index (κ3) is 3.51. The second-order valence-electron chi connectivity index (χ2n) is 7.92. The van der Waals surface area contributed by atoms with Crippen LogP contribution >= 0.6 is 0 Å². The fraction of sp³-hybridized carbons (Fsp3) is 0.455. The van der Waals surface area contributed by atoms with E-state index in [0.717, 1.165) is 17.1 Å². The molecule has 3 N–H and O–H groups in total.